The number of rotatable bonds is 2. The summed E-state index contributed by atoms with van der Waals surface area (Å²) in [6.07, 6.45) is 1.62. The molecule has 0 unspecified atom stereocenters. The molecule has 0 saturated carbocycles. The van der Waals surface area contributed by atoms with Gasteiger partial charge >= 0.3 is 6.03 Å². The lowest BCUT2D eigenvalue weighted by atomic mass is 9.87. The molecule has 2 heterocycles. The summed E-state index contributed by atoms with van der Waals surface area (Å²) in [6, 6.07) is 12.5. The molecule has 3 aromatic rings. The van der Waals surface area contributed by atoms with Gasteiger partial charge in [0.15, 0.2) is 0 Å². The number of hydrogen-bond acceptors (Lipinski definition) is 3. The first-order valence-electron chi connectivity index (χ1n) is 8.42. The number of nitrogens with zero attached hydrogens (tertiary/aromatic N) is 2. The first-order chi connectivity index (χ1) is 12.3. The number of aromatic nitrogens is 2. The highest BCUT2D eigenvalue weighted by Gasteiger charge is 2.15. The summed E-state index contributed by atoms with van der Waals surface area (Å²) in [6.45, 7) is 8.09. The third-order valence-corrected chi connectivity index (χ3v) is 4.16. The highest BCUT2D eigenvalue weighted by Crippen LogP contribution is 2.23. The van der Waals surface area contributed by atoms with Crippen molar-refractivity contribution in [3.63, 3.8) is 0 Å². The maximum Gasteiger partial charge on any atom is 0.323 e. The predicted octanol–water partition coefficient (Wildman–Crippen LogP) is 3.94. The number of aryl methyl sites for hydroxylation is 1. The zero-order chi connectivity index (χ0) is 18.9. The first-order valence-corrected chi connectivity index (χ1v) is 8.42. The van der Waals surface area contributed by atoms with Crippen molar-refractivity contribution < 1.29 is 4.79 Å². The molecular formula is C20H22N4O2. The number of pyridine rings is 1. The molecule has 134 valence electrons. The molecule has 6 heteroatoms. The van der Waals surface area contributed by atoms with Gasteiger partial charge < -0.3 is 10.6 Å². The van der Waals surface area contributed by atoms with Crippen LogP contribution in [0.1, 0.15) is 32.0 Å². The molecule has 6 nitrogen and oxygen atoms in total. The number of benzene rings is 1. The van der Waals surface area contributed by atoms with Crippen molar-refractivity contribution in [1.82, 2.24) is 9.38 Å². The minimum Gasteiger partial charge on any atom is -0.308 e. The molecule has 0 aliphatic rings. The van der Waals surface area contributed by atoms with Gasteiger partial charge in [-0.15, -0.1) is 0 Å². The SMILES string of the molecule is Cc1nc2ccccn2c(=O)c1NC(=O)Nc1ccc(C(C)(C)C)cc1. The van der Waals surface area contributed by atoms with Crippen LogP contribution in [0.5, 0.6) is 0 Å². The molecule has 26 heavy (non-hydrogen) atoms. The van der Waals surface area contributed by atoms with Gasteiger partial charge in [-0.05, 0) is 42.2 Å². The largest absolute Gasteiger partial charge is 0.323 e. The van der Waals surface area contributed by atoms with Crippen LogP contribution in [0.4, 0.5) is 16.2 Å². The number of urea groups is 1. The standard InChI is InChI=1S/C20H22N4O2/c1-13-17(18(25)24-12-6-5-7-16(24)21-13)23-19(26)22-15-10-8-14(9-11-15)20(2,3)4/h5-12H,1-4H3,(H2,22,23,26). The second-order valence-corrected chi connectivity index (χ2v) is 7.21. The second kappa shape index (κ2) is 6.63. The van der Waals surface area contributed by atoms with E-state index >= 15 is 0 Å². The minimum absolute atomic E-state index is 0.0450. The van der Waals surface area contributed by atoms with Gasteiger partial charge in [-0.2, -0.15) is 0 Å². The smallest absolute Gasteiger partial charge is 0.308 e. The molecule has 0 atom stereocenters. The lowest BCUT2D eigenvalue weighted by molar-refractivity contribution is 0.262. The van der Waals surface area contributed by atoms with Gasteiger partial charge in [0.25, 0.3) is 5.56 Å². The van der Waals surface area contributed by atoms with Crippen molar-refractivity contribution in [3.05, 3.63) is 70.3 Å². The van der Waals surface area contributed by atoms with Crippen LogP contribution in [-0.4, -0.2) is 15.4 Å². The highest BCUT2D eigenvalue weighted by atomic mass is 16.2. The number of amides is 2. The minimum atomic E-state index is -0.480. The molecule has 0 spiro atoms. The van der Waals surface area contributed by atoms with Gasteiger partial charge in [0.05, 0.1) is 5.69 Å². The van der Waals surface area contributed by atoms with Crippen LogP contribution in [0.3, 0.4) is 0 Å². The number of carbonyl (C=O) groups is 1. The third kappa shape index (κ3) is 3.59. The van der Waals surface area contributed by atoms with Crippen molar-refractivity contribution in [2.24, 2.45) is 0 Å². The van der Waals surface area contributed by atoms with E-state index < -0.39 is 6.03 Å². The molecule has 0 bridgehead atoms. The zero-order valence-corrected chi connectivity index (χ0v) is 15.3. The van der Waals surface area contributed by atoms with Crippen LogP contribution >= 0.6 is 0 Å². The molecule has 2 N–H and O–H groups in total. The zero-order valence-electron chi connectivity index (χ0n) is 15.3. The van der Waals surface area contributed by atoms with Crippen LogP contribution in [0.2, 0.25) is 0 Å². The van der Waals surface area contributed by atoms with Crippen molar-refractivity contribution in [3.8, 4) is 0 Å². The fraction of sp³-hybridized carbons (Fsp3) is 0.250. The molecule has 0 fully saturated rings. The van der Waals surface area contributed by atoms with Gasteiger partial charge in [0.2, 0.25) is 0 Å². The highest BCUT2D eigenvalue weighted by molar-refractivity contribution is 6.00. The average molecular weight is 350 g/mol. The number of fused-ring (bicyclic) bond motifs is 1. The summed E-state index contributed by atoms with van der Waals surface area (Å²) in [5, 5.41) is 5.36. The fourth-order valence-electron chi connectivity index (χ4n) is 2.67. The van der Waals surface area contributed by atoms with E-state index in [1.54, 1.807) is 25.3 Å². The number of anilines is 2. The van der Waals surface area contributed by atoms with Crippen LogP contribution in [0, 0.1) is 6.92 Å². The molecule has 0 saturated heterocycles. The predicted molar refractivity (Wildman–Crippen MR) is 104 cm³/mol. The van der Waals surface area contributed by atoms with E-state index in [2.05, 4.69) is 36.4 Å². The normalized spacial score (nSPS) is 11.4. The molecule has 3 rings (SSSR count). The second-order valence-electron chi connectivity index (χ2n) is 7.21. The van der Waals surface area contributed by atoms with Gasteiger partial charge in [0, 0.05) is 11.9 Å². The van der Waals surface area contributed by atoms with E-state index in [-0.39, 0.29) is 16.7 Å². The Morgan fingerprint density at radius 2 is 1.73 bits per heavy atom. The van der Waals surface area contributed by atoms with Gasteiger partial charge in [0.1, 0.15) is 11.3 Å². The van der Waals surface area contributed by atoms with Gasteiger partial charge in [-0.1, -0.05) is 39.0 Å². The van der Waals surface area contributed by atoms with E-state index in [1.165, 1.54) is 9.96 Å². The molecule has 2 amide bonds. The van der Waals surface area contributed by atoms with Crippen LogP contribution in [-0.2, 0) is 5.41 Å². The van der Waals surface area contributed by atoms with E-state index in [0.29, 0.717) is 17.0 Å². The summed E-state index contributed by atoms with van der Waals surface area (Å²) < 4.78 is 1.40. The molecule has 0 aliphatic carbocycles. The summed E-state index contributed by atoms with van der Waals surface area (Å²) in [4.78, 5) is 29.2. The molecule has 2 aromatic heterocycles. The summed E-state index contributed by atoms with van der Waals surface area (Å²) in [5.74, 6) is 0. The van der Waals surface area contributed by atoms with Crippen LogP contribution in [0.15, 0.2) is 53.5 Å². The molecule has 0 aliphatic heterocycles. The van der Waals surface area contributed by atoms with E-state index in [0.717, 1.165) is 0 Å². The number of carbonyl (C=O) groups excluding carboxylic acids is 1. The Hall–Kier alpha value is -3.15. The Kier molecular flexibility index (Phi) is 4.50. The van der Waals surface area contributed by atoms with E-state index in [9.17, 15) is 9.59 Å². The lowest BCUT2D eigenvalue weighted by Gasteiger charge is -2.19. The molecular weight excluding hydrogens is 328 g/mol. The quantitative estimate of drug-likeness (QED) is 0.735. The van der Waals surface area contributed by atoms with Crippen molar-refractivity contribution >= 4 is 23.1 Å². The van der Waals surface area contributed by atoms with E-state index in [1.807, 2.05) is 30.3 Å². The fourth-order valence-corrected chi connectivity index (χ4v) is 2.67. The Balaban J connectivity index is 1.80. The van der Waals surface area contributed by atoms with E-state index in [4.69, 9.17) is 0 Å². The van der Waals surface area contributed by atoms with Gasteiger partial charge in [-0.25, -0.2) is 9.78 Å². The Bertz CT molecular complexity index is 1010. The Morgan fingerprint density at radius 3 is 2.38 bits per heavy atom. The van der Waals surface area contributed by atoms with Crippen molar-refractivity contribution in [2.75, 3.05) is 10.6 Å². The maximum absolute atomic E-state index is 12.6. The Morgan fingerprint density at radius 1 is 1.04 bits per heavy atom. The van der Waals surface area contributed by atoms with Crippen molar-refractivity contribution in [2.45, 2.75) is 33.1 Å². The third-order valence-electron chi connectivity index (χ3n) is 4.16. The average Bonchev–Trinajstić information content (AvgIpc) is 2.58. The summed E-state index contributed by atoms with van der Waals surface area (Å²) in [7, 11) is 0. The summed E-state index contributed by atoms with van der Waals surface area (Å²) in [5.41, 5.74) is 2.74. The first kappa shape index (κ1) is 17.7. The molecule has 0 radical (unpaired) electrons. The number of hydrogen-bond donors (Lipinski definition) is 2. The maximum atomic E-state index is 12.6. The number of nitrogens with one attached hydrogen (secondary N) is 2. The summed E-state index contributed by atoms with van der Waals surface area (Å²) >= 11 is 0. The topological polar surface area (TPSA) is 75.5 Å². The van der Waals surface area contributed by atoms with Crippen LogP contribution < -0.4 is 16.2 Å². The van der Waals surface area contributed by atoms with Crippen LogP contribution in [0.25, 0.3) is 5.65 Å². The van der Waals surface area contributed by atoms with Gasteiger partial charge in [-0.3, -0.25) is 9.20 Å². The molecule has 1 aromatic carbocycles. The lowest BCUT2D eigenvalue weighted by Crippen LogP contribution is -2.27. The Labute approximate surface area is 151 Å². The monoisotopic (exact) mass is 350 g/mol. The van der Waals surface area contributed by atoms with Crippen molar-refractivity contribution in [1.29, 1.82) is 0 Å².